The molecule has 0 saturated carbocycles. The number of carbonyl (C=O) groups is 1. The van der Waals surface area contributed by atoms with Crippen LogP contribution in [0.15, 0.2) is 23.8 Å². The van der Waals surface area contributed by atoms with Crippen LogP contribution in [0, 0.1) is 12.3 Å². The van der Waals surface area contributed by atoms with Crippen LogP contribution in [0.1, 0.15) is 49.3 Å². The lowest BCUT2D eigenvalue weighted by molar-refractivity contribution is -0.138. The smallest absolute Gasteiger partial charge is 0.325 e. The molecule has 2 aliphatic rings. The van der Waals surface area contributed by atoms with Gasteiger partial charge in [0.2, 0.25) is 5.91 Å². The lowest BCUT2D eigenvalue weighted by Crippen LogP contribution is -2.46. The fourth-order valence-electron chi connectivity index (χ4n) is 3.91. The number of allylic oxidation sites excluding steroid dienone is 1. The topological polar surface area (TPSA) is 41.1 Å². The molecule has 136 valence electrons. The molecule has 1 saturated heterocycles. The number of carbonyl (C=O) groups excluding carboxylic acids is 1. The molecule has 1 aromatic carbocycles. The second-order valence-electron chi connectivity index (χ2n) is 7.12. The van der Waals surface area contributed by atoms with E-state index >= 15 is 0 Å². The molecule has 1 spiro atoms. The van der Waals surface area contributed by atoms with Crippen molar-refractivity contribution in [2.24, 2.45) is 5.41 Å². The van der Waals surface area contributed by atoms with Gasteiger partial charge < -0.3 is 10.6 Å². The molecule has 2 heterocycles. The number of piperidine rings is 1. The van der Waals surface area contributed by atoms with Gasteiger partial charge in [0, 0.05) is 11.3 Å². The third kappa shape index (κ3) is 3.32. The summed E-state index contributed by atoms with van der Waals surface area (Å²) < 4.78 is 39.7. The summed E-state index contributed by atoms with van der Waals surface area (Å²) in [5.74, 6) is -0.0577. The average molecular weight is 352 g/mol. The van der Waals surface area contributed by atoms with Gasteiger partial charge in [-0.1, -0.05) is 12.1 Å². The van der Waals surface area contributed by atoms with Gasteiger partial charge in [-0.2, -0.15) is 13.2 Å². The van der Waals surface area contributed by atoms with E-state index in [1.807, 2.05) is 6.92 Å². The quantitative estimate of drug-likeness (QED) is 0.801. The van der Waals surface area contributed by atoms with Crippen LogP contribution >= 0.6 is 0 Å². The van der Waals surface area contributed by atoms with Gasteiger partial charge in [-0.05, 0) is 69.8 Å². The van der Waals surface area contributed by atoms with Crippen LogP contribution in [0.3, 0.4) is 0 Å². The molecule has 1 fully saturated rings. The summed E-state index contributed by atoms with van der Waals surface area (Å²) in [5, 5.41) is 6.24. The van der Waals surface area contributed by atoms with Crippen molar-refractivity contribution in [3.63, 3.8) is 0 Å². The van der Waals surface area contributed by atoms with Gasteiger partial charge in [0.15, 0.2) is 0 Å². The van der Waals surface area contributed by atoms with E-state index in [0.717, 1.165) is 44.0 Å². The highest BCUT2D eigenvalue weighted by Gasteiger charge is 2.41. The Kier molecular flexibility index (Phi) is 4.66. The first kappa shape index (κ1) is 18.0. The Bertz CT molecular complexity index is 716. The second-order valence-corrected chi connectivity index (χ2v) is 7.12. The maximum atomic E-state index is 13.2. The van der Waals surface area contributed by atoms with Crippen LogP contribution in [-0.4, -0.2) is 19.0 Å². The van der Waals surface area contributed by atoms with Gasteiger partial charge in [0.1, 0.15) is 0 Å². The van der Waals surface area contributed by atoms with E-state index in [0.29, 0.717) is 17.7 Å². The highest BCUT2D eigenvalue weighted by Crippen LogP contribution is 2.41. The van der Waals surface area contributed by atoms with Gasteiger partial charge in [-0.15, -0.1) is 0 Å². The summed E-state index contributed by atoms with van der Waals surface area (Å²) in [4.78, 5) is 12.9. The first-order valence-electron chi connectivity index (χ1n) is 8.64. The monoisotopic (exact) mass is 352 g/mol. The van der Waals surface area contributed by atoms with Crippen molar-refractivity contribution < 1.29 is 18.0 Å². The molecule has 1 aromatic rings. The molecule has 2 aliphatic heterocycles. The molecule has 3 rings (SSSR count). The number of hydrogen-bond donors (Lipinski definition) is 2. The van der Waals surface area contributed by atoms with Crippen molar-refractivity contribution >= 4 is 11.6 Å². The zero-order valence-corrected chi connectivity index (χ0v) is 14.5. The molecule has 0 aromatic heterocycles. The van der Waals surface area contributed by atoms with E-state index in [2.05, 4.69) is 10.6 Å². The van der Waals surface area contributed by atoms with Gasteiger partial charge in [-0.25, -0.2) is 0 Å². The van der Waals surface area contributed by atoms with Crippen LogP contribution in [0.25, 0.3) is 5.70 Å². The lowest BCUT2D eigenvalue weighted by Gasteiger charge is -2.35. The summed E-state index contributed by atoms with van der Waals surface area (Å²) in [7, 11) is 0. The Morgan fingerprint density at radius 2 is 1.76 bits per heavy atom. The molecule has 6 heteroatoms. The lowest BCUT2D eigenvalue weighted by atomic mass is 9.74. The van der Waals surface area contributed by atoms with Gasteiger partial charge >= 0.3 is 6.18 Å². The number of halogens is 3. The van der Waals surface area contributed by atoms with Crippen LogP contribution in [-0.2, 0) is 11.0 Å². The molecule has 2 N–H and O–H groups in total. The average Bonchev–Trinajstić information content (AvgIpc) is 2.67. The highest BCUT2D eigenvalue weighted by molar-refractivity contribution is 5.93. The summed E-state index contributed by atoms with van der Waals surface area (Å²) >= 11 is 0. The molecule has 0 atom stereocenters. The van der Waals surface area contributed by atoms with E-state index in [9.17, 15) is 18.0 Å². The van der Waals surface area contributed by atoms with Crippen molar-refractivity contribution in [1.29, 1.82) is 0 Å². The van der Waals surface area contributed by atoms with Crippen molar-refractivity contribution in [1.82, 2.24) is 10.6 Å². The van der Waals surface area contributed by atoms with Crippen LogP contribution in [0.4, 0.5) is 13.2 Å². The largest absolute Gasteiger partial charge is 0.416 e. The molecule has 1 amide bonds. The van der Waals surface area contributed by atoms with Gasteiger partial charge in [-0.3, -0.25) is 4.79 Å². The van der Waals surface area contributed by atoms with Crippen molar-refractivity contribution in [3.8, 4) is 0 Å². The van der Waals surface area contributed by atoms with E-state index in [1.54, 1.807) is 6.07 Å². The number of benzene rings is 1. The Morgan fingerprint density at radius 1 is 1.08 bits per heavy atom. The van der Waals surface area contributed by atoms with E-state index in [-0.39, 0.29) is 11.5 Å². The molecular formula is C19H23F3N2O. The molecule has 0 bridgehead atoms. The molecule has 0 aliphatic carbocycles. The number of amides is 1. The third-order valence-electron chi connectivity index (χ3n) is 5.59. The summed E-state index contributed by atoms with van der Waals surface area (Å²) in [6.45, 7) is 4.96. The molecule has 3 nitrogen and oxygen atoms in total. The predicted molar refractivity (Wildman–Crippen MR) is 90.7 cm³/mol. The van der Waals surface area contributed by atoms with E-state index < -0.39 is 17.2 Å². The summed E-state index contributed by atoms with van der Waals surface area (Å²) in [5.41, 5.74) is 1.04. The minimum atomic E-state index is -4.40. The number of rotatable bonds is 1. The number of alkyl halides is 3. The maximum Gasteiger partial charge on any atom is 0.416 e. The Hall–Kier alpha value is -1.82. The maximum absolute atomic E-state index is 13.2. The molecule has 25 heavy (non-hydrogen) atoms. The molecule has 0 radical (unpaired) electrons. The molecule has 0 unspecified atom stereocenters. The Balaban J connectivity index is 1.99. The SMILES string of the molecule is CC1=C(c2cccc(C(F)(F)F)c2C)NC(=O)C2(CCNCC2)CC1. The fourth-order valence-corrected chi connectivity index (χ4v) is 3.91. The van der Waals surface area contributed by atoms with Crippen LogP contribution in [0.2, 0.25) is 0 Å². The van der Waals surface area contributed by atoms with Crippen LogP contribution in [0.5, 0.6) is 0 Å². The summed E-state index contributed by atoms with van der Waals surface area (Å²) in [6, 6.07) is 4.15. The highest BCUT2D eigenvalue weighted by atomic mass is 19.4. The van der Waals surface area contributed by atoms with E-state index in [1.165, 1.54) is 13.0 Å². The van der Waals surface area contributed by atoms with Crippen molar-refractivity contribution in [2.75, 3.05) is 13.1 Å². The fraction of sp³-hybridized carbons (Fsp3) is 0.526. The summed E-state index contributed by atoms with van der Waals surface area (Å²) in [6.07, 6.45) is -1.42. The minimum Gasteiger partial charge on any atom is -0.325 e. The van der Waals surface area contributed by atoms with Gasteiger partial charge in [0.25, 0.3) is 0 Å². The first-order valence-corrected chi connectivity index (χ1v) is 8.64. The second kappa shape index (κ2) is 6.48. The minimum absolute atomic E-state index is 0.0577. The van der Waals surface area contributed by atoms with E-state index in [4.69, 9.17) is 0 Å². The number of hydrogen-bond acceptors (Lipinski definition) is 2. The predicted octanol–water partition coefficient (Wildman–Crippen LogP) is 4.02. The van der Waals surface area contributed by atoms with Crippen molar-refractivity contribution in [3.05, 3.63) is 40.5 Å². The normalized spacial score (nSPS) is 21.2. The van der Waals surface area contributed by atoms with Crippen molar-refractivity contribution in [2.45, 2.75) is 45.7 Å². The third-order valence-corrected chi connectivity index (χ3v) is 5.59. The zero-order valence-electron chi connectivity index (χ0n) is 14.5. The van der Waals surface area contributed by atoms with Gasteiger partial charge in [0.05, 0.1) is 11.0 Å². The van der Waals surface area contributed by atoms with Crippen LogP contribution < -0.4 is 10.6 Å². The first-order chi connectivity index (χ1) is 11.7. The molecular weight excluding hydrogens is 329 g/mol. The number of nitrogens with one attached hydrogen (secondary N) is 2. The Morgan fingerprint density at radius 3 is 2.40 bits per heavy atom. The zero-order chi connectivity index (χ0) is 18.2. The standard InChI is InChI=1S/C19H23F3N2O/c1-12-6-7-18(8-10-23-11-9-18)17(25)24-16(12)14-4-3-5-15(13(14)2)19(20,21)22/h3-5,23H,6-11H2,1-2H3,(H,24,25). The Labute approximate surface area is 145 Å².